The standard InChI is InChI=1S/C38H49ClF3N7O7/c1-44-32(50)22-55-35(52)30-7-4-13-48(30)25-9-14-46(15-10-25)34(51)31(21-23-19-27(38(40,41)42)33(43)28(39)20-23)56-37(54)47-16-11-26(12-17-47)49-18-8-24-5-2-3-6-29(24)45-36(49)53/h2-3,5-6,19-20,25-26,30-31,35,52H,4,7-18,21-22,43H2,1H3,(H,44,50)(H,45,53)/t30-,31+,35?/m0/s1. The Balaban J connectivity index is 1.11. The molecule has 0 aliphatic carbocycles. The van der Waals surface area contributed by atoms with Gasteiger partial charge in [0, 0.05) is 64.0 Å². The zero-order valence-electron chi connectivity index (χ0n) is 31.2. The molecule has 3 atom stereocenters. The third kappa shape index (κ3) is 9.61. The molecule has 56 heavy (non-hydrogen) atoms. The summed E-state index contributed by atoms with van der Waals surface area (Å²) in [6.07, 6.45) is -4.44. The minimum atomic E-state index is -4.81. The molecule has 2 aromatic rings. The van der Waals surface area contributed by atoms with Crippen LogP contribution in [-0.2, 0) is 38.1 Å². The van der Waals surface area contributed by atoms with Crippen molar-refractivity contribution in [2.75, 3.05) is 64.0 Å². The first-order valence-electron chi connectivity index (χ1n) is 19.0. The van der Waals surface area contributed by atoms with Gasteiger partial charge in [-0.15, -0.1) is 0 Å². The first-order valence-corrected chi connectivity index (χ1v) is 19.4. The molecule has 1 unspecified atom stereocenters. The monoisotopic (exact) mass is 807 g/mol. The summed E-state index contributed by atoms with van der Waals surface area (Å²) in [5.41, 5.74) is 5.71. The van der Waals surface area contributed by atoms with Crippen LogP contribution < -0.4 is 16.4 Å². The molecule has 0 aromatic heterocycles. The number of hydrogen-bond acceptors (Lipinski definition) is 9. The number of amides is 5. The van der Waals surface area contributed by atoms with Crippen LogP contribution in [0, 0.1) is 0 Å². The summed E-state index contributed by atoms with van der Waals surface area (Å²) in [6, 6.07) is 9.01. The van der Waals surface area contributed by atoms with Crippen molar-refractivity contribution in [3.05, 3.63) is 58.1 Å². The summed E-state index contributed by atoms with van der Waals surface area (Å²) < 4.78 is 52.9. The first-order chi connectivity index (χ1) is 26.7. The lowest BCUT2D eigenvalue weighted by molar-refractivity contribution is -0.158. The van der Waals surface area contributed by atoms with E-state index in [9.17, 15) is 37.5 Å². The molecule has 5 N–H and O–H groups in total. The average molecular weight is 808 g/mol. The fraction of sp³-hybridized carbons (Fsp3) is 0.579. The molecule has 5 amide bonds. The van der Waals surface area contributed by atoms with E-state index < -0.39 is 41.8 Å². The fourth-order valence-corrected chi connectivity index (χ4v) is 8.50. The fourth-order valence-electron chi connectivity index (χ4n) is 8.25. The Morgan fingerprint density at radius 1 is 1.00 bits per heavy atom. The van der Waals surface area contributed by atoms with Crippen LogP contribution in [-0.4, -0.2) is 132 Å². The van der Waals surface area contributed by atoms with E-state index in [1.165, 1.54) is 18.0 Å². The van der Waals surface area contributed by atoms with Gasteiger partial charge in [-0.05, 0) is 80.8 Å². The Morgan fingerprint density at radius 3 is 2.38 bits per heavy atom. The van der Waals surface area contributed by atoms with Gasteiger partial charge in [-0.2, -0.15) is 13.2 Å². The van der Waals surface area contributed by atoms with E-state index in [-0.39, 0.29) is 79.9 Å². The van der Waals surface area contributed by atoms with E-state index in [0.717, 1.165) is 23.7 Å². The first kappa shape index (κ1) is 41.3. The summed E-state index contributed by atoms with van der Waals surface area (Å²) in [5, 5.41) is 15.8. The van der Waals surface area contributed by atoms with Gasteiger partial charge >= 0.3 is 18.3 Å². The van der Waals surface area contributed by atoms with Crippen molar-refractivity contribution in [1.29, 1.82) is 0 Å². The number of nitrogens with zero attached hydrogens (tertiary/aromatic N) is 4. The number of aliphatic hydroxyl groups excluding tert-OH is 1. The SMILES string of the molecule is CNC(=O)COC(O)[C@@H]1CCCN1C1CCN(C(=O)[C@@H](Cc2cc(Cl)c(N)c(C(F)(F)F)c2)OC(=O)N2CCC(N3CCc4ccccc4NC3=O)CC2)CC1. The van der Waals surface area contributed by atoms with Crippen LogP contribution >= 0.6 is 11.6 Å². The number of piperidine rings is 2. The molecule has 0 saturated carbocycles. The minimum absolute atomic E-state index is 0.00204. The number of benzene rings is 2. The van der Waals surface area contributed by atoms with E-state index in [2.05, 4.69) is 15.5 Å². The molecular formula is C38H49ClF3N7O7. The minimum Gasteiger partial charge on any atom is -0.436 e. The average Bonchev–Trinajstić information content (AvgIpc) is 3.61. The van der Waals surface area contributed by atoms with E-state index >= 15 is 0 Å². The Morgan fingerprint density at radius 2 is 1.68 bits per heavy atom. The highest BCUT2D eigenvalue weighted by Crippen LogP contribution is 2.38. The lowest BCUT2D eigenvalue weighted by atomic mass is 9.99. The van der Waals surface area contributed by atoms with Gasteiger partial charge in [-0.25, -0.2) is 9.59 Å². The highest BCUT2D eigenvalue weighted by molar-refractivity contribution is 6.33. The number of rotatable bonds is 10. The second-order valence-electron chi connectivity index (χ2n) is 14.7. The molecule has 3 saturated heterocycles. The summed E-state index contributed by atoms with van der Waals surface area (Å²) in [6.45, 7) is 1.98. The van der Waals surface area contributed by atoms with Crippen molar-refractivity contribution in [2.45, 2.75) is 88.1 Å². The maximum atomic E-state index is 14.1. The van der Waals surface area contributed by atoms with Crippen LogP contribution in [0.4, 0.5) is 34.1 Å². The lowest BCUT2D eigenvalue weighted by Gasteiger charge is -2.41. The second-order valence-corrected chi connectivity index (χ2v) is 15.1. The van der Waals surface area contributed by atoms with Gasteiger partial charge in [-0.3, -0.25) is 14.5 Å². The Labute approximate surface area is 328 Å². The summed E-state index contributed by atoms with van der Waals surface area (Å²) in [4.78, 5) is 59.5. The number of nitrogens with two attached hydrogens (primary N) is 1. The number of carbonyl (C=O) groups is 4. The van der Waals surface area contributed by atoms with Crippen molar-refractivity contribution < 1.29 is 46.9 Å². The quantitative estimate of drug-likeness (QED) is 0.204. The number of nitrogen functional groups attached to an aromatic ring is 1. The molecule has 4 heterocycles. The zero-order valence-corrected chi connectivity index (χ0v) is 32.0. The Hall–Kier alpha value is -4.32. The van der Waals surface area contributed by atoms with Gasteiger partial charge in [0.05, 0.1) is 22.3 Å². The molecule has 6 rings (SSSR count). The van der Waals surface area contributed by atoms with E-state index in [4.69, 9.17) is 26.8 Å². The molecule has 4 aliphatic heterocycles. The highest BCUT2D eigenvalue weighted by atomic mass is 35.5. The predicted molar refractivity (Wildman–Crippen MR) is 201 cm³/mol. The van der Waals surface area contributed by atoms with Crippen LogP contribution in [0.2, 0.25) is 5.02 Å². The smallest absolute Gasteiger partial charge is 0.418 e. The van der Waals surface area contributed by atoms with Gasteiger partial charge in [-0.1, -0.05) is 29.8 Å². The number of nitrogens with one attached hydrogen (secondary N) is 2. The molecular weight excluding hydrogens is 759 g/mol. The number of urea groups is 1. The number of ether oxygens (including phenoxy) is 2. The number of carbonyl (C=O) groups excluding carboxylic acids is 4. The van der Waals surface area contributed by atoms with E-state index in [1.807, 2.05) is 24.3 Å². The molecule has 14 nitrogen and oxygen atoms in total. The van der Waals surface area contributed by atoms with E-state index in [1.54, 1.807) is 9.80 Å². The third-order valence-corrected chi connectivity index (χ3v) is 11.6. The Bertz CT molecular complexity index is 1750. The van der Waals surface area contributed by atoms with Gasteiger partial charge in [0.25, 0.3) is 5.91 Å². The number of aliphatic hydroxyl groups is 1. The van der Waals surface area contributed by atoms with Crippen molar-refractivity contribution in [3.63, 3.8) is 0 Å². The van der Waals surface area contributed by atoms with Crippen molar-refractivity contribution in [3.8, 4) is 0 Å². The zero-order chi connectivity index (χ0) is 40.1. The number of halogens is 4. The summed E-state index contributed by atoms with van der Waals surface area (Å²) in [5.74, 6) is -0.912. The molecule has 18 heteroatoms. The summed E-state index contributed by atoms with van der Waals surface area (Å²) in [7, 11) is 1.48. The van der Waals surface area contributed by atoms with Gasteiger partial charge in [0.15, 0.2) is 12.4 Å². The maximum Gasteiger partial charge on any atom is 0.418 e. The van der Waals surface area contributed by atoms with Gasteiger partial charge < -0.3 is 45.6 Å². The normalized spacial score (nSPS) is 21.2. The van der Waals surface area contributed by atoms with E-state index in [0.29, 0.717) is 51.6 Å². The Kier molecular flexibility index (Phi) is 13.2. The predicted octanol–water partition coefficient (Wildman–Crippen LogP) is 4.08. The van der Waals surface area contributed by atoms with Crippen LogP contribution in [0.15, 0.2) is 36.4 Å². The number of anilines is 2. The number of hydrogen-bond donors (Lipinski definition) is 4. The molecule has 306 valence electrons. The topological polar surface area (TPSA) is 170 Å². The molecule has 0 spiro atoms. The molecule has 0 radical (unpaired) electrons. The van der Waals surface area contributed by atoms with Crippen molar-refractivity contribution >= 4 is 46.9 Å². The third-order valence-electron chi connectivity index (χ3n) is 11.3. The van der Waals surface area contributed by atoms with Crippen LogP contribution in [0.1, 0.15) is 55.2 Å². The number of alkyl halides is 3. The van der Waals surface area contributed by atoms with Crippen LogP contribution in [0.5, 0.6) is 0 Å². The molecule has 2 aromatic carbocycles. The number of likely N-dealkylation sites (tertiary alicyclic amines) is 3. The molecule has 0 bridgehead atoms. The molecule has 4 aliphatic rings. The largest absolute Gasteiger partial charge is 0.436 e. The number of likely N-dealkylation sites (N-methyl/N-ethyl adjacent to an activating group) is 1. The lowest BCUT2D eigenvalue weighted by Crippen LogP contribution is -2.54. The molecule has 3 fully saturated rings. The maximum absolute atomic E-state index is 14.1. The summed E-state index contributed by atoms with van der Waals surface area (Å²) >= 11 is 6.12. The van der Waals surface area contributed by atoms with Crippen molar-refractivity contribution in [2.24, 2.45) is 0 Å². The number of fused-ring (bicyclic) bond motifs is 1. The van der Waals surface area contributed by atoms with Crippen molar-refractivity contribution in [1.82, 2.24) is 24.9 Å². The number of para-hydroxylation sites is 1. The van der Waals surface area contributed by atoms with Gasteiger partial charge in [0.2, 0.25) is 5.91 Å². The second kappa shape index (κ2) is 17.9. The highest BCUT2D eigenvalue weighted by Gasteiger charge is 2.41. The van der Waals surface area contributed by atoms with Crippen LogP contribution in [0.3, 0.4) is 0 Å². The van der Waals surface area contributed by atoms with Gasteiger partial charge in [0.1, 0.15) is 6.61 Å². The van der Waals surface area contributed by atoms with Crippen LogP contribution in [0.25, 0.3) is 0 Å².